The molecule has 4 nitrogen and oxygen atoms in total. The van der Waals surface area contributed by atoms with E-state index in [1.807, 2.05) is 12.1 Å². The molecule has 1 aromatic rings. The third kappa shape index (κ3) is 4.12. The third-order valence-corrected chi connectivity index (χ3v) is 4.71. The molecule has 0 spiro atoms. The van der Waals surface area contributed by atoms with Crippen LogP contribution < -0.4 is 4.74 Å². The number of aliphatic carboxylic acids is 1. The Morgan fingerprint density at radius 1 is 1.39 bits per heavy atom. The SMILES string of the molecule is CCC(C)(C)c1cc(Cl)c(OCC2=CCC(C(=O)O)O2)c(Cl)c1. The topological polar surface area (TPSA) is 55.8 Å². The lowest BCUT2D eigenvalue weighted by Gasteiger charge is -2.24. The van der Waals surface area contributed by atoms with Crippen molar-refractivity contribution in [3.63, 3.8) is 0 Å². The van der Waals surface area contributed by atoms with Gasteiger partial charge in [-0.15, -0.1) is 0 Å². The summed E-state index contributed by atoms with van der Waals surface area (Å²) in [7, 11) is 0. The molecule has 1 aromatic carbocycles. The number of carboxylic acids is 1. The average Bonchev–Trinajstić information content (AvgIpc) is 2.95. The smallest absolute Gasteiger partial charge is 0.345 e. The van der Waals surface area contributed by atoms with Crippen LogP contribution in [0.15, 0.2) is 24.0 Å². The van der Waals surface area contributed by atoms with Gasteiger partial charge < -0.3 is 14.6 Å². The normalized spacial score (nSPS) is 17.6. The van der Waals surface area contributed by atoms with Gasteiger partial charge in [-0.05, 0) is 35.6 Å². The minimum absolute atomic E-state index is 0.0301. The van der Waals surface area contributed by atoms with Crippen LogP contribution in [0.25, 0.3) is 0 Å². The average molecular weight is 359 g/mol. The molecule has 0 aliphatic carbocycles. The van der Waals surface area contributed by atoms with Crippen molar-refractivity contribution in [2.24, 2.45) is 0 Å². The zero-order valence-electron chi connectivity index (χ0n) is 13.4. The summed E-state index contributed by atoms with van der Waals surface area (Å²) in [6.45, 7) is 6.45. The number of hydrogen-bond acceptors (Lipinski definition) is 3. The van der Waals surface area contributed by atoms with Crippen molar-refractivity contribution in [2.45, 2.75) is 45.1 Å². The fraction of sp³-hybridized carbons (Fsp3) is 0.471. The first-order chi connectivity index (χ1) is 10.7. The van der Waals surface area contributed by atoms with E-state index in [2.05, 4.69) is 20.8 Å². The van der Waals surface area contributed by atoms with E-state index in [0.717, 1.165) is 12.0 Å². The summed E-state index contributed by atoms with van der Waals surface area (Å²) in [5, 5.41) is 9.76. The predicted octanol–water partition coefficient (Wildman–Crippen LogP) is 4.82. The first-order valence-corrected chi connectivity index (χ1v) is 8.21. The highest BCUT2D eigenvalue weighted by atomic mass is 35.5. The quantitative estimate of drug-likeness (QED) is 0.791. The molecule has 1 aliphatic rings. The lowest BCUT2D eigenvalue weighted by atomic mass is 9.82. The molecule has 1 N–H and O–H groups in total. The van der Waals surface area contributed by atoms with E-state index in [0.29, 0.717) is 28.0 Å². The van der Waals surface area contributed by atoms with Crippen LogP contribution in [0.4, 0.5) is 0 Å². The van der Waals surface area contributed by atoms with Crippen LogP contribution in [0.1, 0.15) is 39.2 Å². The molecule has 2 rings (SSSR count). The molecule has 0 aromatic heterocycles. The van der Waals surface area contributed by atoms with Crippen molar-refractivity contribution in [3.05, 3.63) is 39.6 Å². The van der Waals surface area contributed by atoms with Crippen molar-refractivity contribution >= 4 is 29.2 Å². The van der Waals surface area contributed by atoms with Gasteiger partial charge in [0.2, 0.25) is 0 Å². The standard InChI is InChI=1S/C17H20Cl2O4/c1-4-17(2,3)10-7-12(18)15(13(19)8-10)22-9-11-5-6-14(23-11)16(20)21/h5,7-8,14H,4,6,9H2,1-3H3,(H,20,21). The Morgan fingerprint density at radius 2 is 2.00 bits per heavy atom. The van der Waals surface area contributed by atoms with Crippen molar-refractivity contribution in [3.8, 4) is 5.75 Å². The van der Waals surface area contributed by atoms with Crippen molar-refractivity contribution in [1.29, 1.82) is 0 Å². The Hall–Kier alpha value is -1.39. The molecule has 6 heteroatoms. The highest BCUT2D eigenvalue weighted by molar-refractivity contribution is 6.37. The summed E-state index contributed by atoms with van der Waals surface area (Å²) in [5.41, 5.74) is 1.02. The van der Waals surface area contributed by atoms with Crippen molar-refractivity contribution < 1.29 is 19.4 Å². The Morgan fingerprint density at radius 3 is 2.48 bits per heavy atom. The fourth-order valence-corrected chi connectivity index (χ4v) is 2.79. The Kier molecular flexibility index (Phi) is 5.48. The summed E-state index contributed by atoms with van der Waals surface area (Å²) < 4.78 is 10.9. The number of carbonyl (C=O) groups is 1. The summed E-state index contributed by atoms with van der Waals surface area (Å²) in [6.07, 6.45) is 2.15. The largest absolute Gasteiger partial charge is 0.483 e. The van der Waals surface area contributed by atoms with Crippen LogP contribution in [0.3, 0.4) is 0 Å². The maximum absolute atomic E-state index is 10.8. The second kappa shape index (κ2) is 7.02. The lowest BCUT2D eigenvalue weighted by Crippen LogP contribution is -2.19. The van der Waals surface area contributed by atoms with E-state index in [1.165, 1.54) is 0 Å². The second-order valence-electron chi connectivity index (χ2n) is 6.15. The number of hydrogen-bond donors (Lipinski definition) is 1. The second-order valence-corrected chi connectivity index (χ2v) is 6.96. The molecule has 1 heterocycles. The van der Waals surface area contributed by atoms with Gasteiger partial charge in [0.1, 0.15) is 12.4 Å². The molecule has 0 amide bonds. The molecule has 0 saturated carbocycles. The molecule has 1 unspecified atom stereocenters. The highest BCUT2D eigenvalue weighted by Crippen LogP contribution is 2.39. The molecule has 0 bridgehead atoms. The Bertz CT molecular complexity index is 614. The van der Waals surface area contributed by atoms with Gasteiger partial charge >= 0.3 is 5.97 Å². The van der Waals surface area contributed by atoms with Gasteiger partial charge in [-0.25, -0.2) is 4.79 Å². The summed E-state index contributed by atoms with van der Waals surface area (Å²) in [4.78, 5) is 10.8. The number of carboxylic acid groups (broad SMARTS) is 1. The van der Waals surface area contributed by atoms with E-state index in [9.17, 15) is 4.79 Å². The molecular weight excluding hydrogens is 339 g/mol. The summed E-state index contributed by atoms with van der Waals surface area (Å²) >= 11 is 12.6. The Balaban J connectivity index is 2.08. The maximum atomic E-state index is 10.8. The predicted molar refractivity (Wildman–Crippen MR) is 90.5 cm³/mol. The van der Waals surface area contributed by atoms with E-state index in [4.69, 9.17) is 37.8 Å². The monoisotopic (exact) mass is 358 g/mol. The van der Waals surface area contributed by atoms with Gasteiger partial charge in [0, 0.05) is 6.42 Å². The van der Waals surface area contributed by atoms with Crippen LogP contribution in [-0.4, -0.2) is 23.8 Å². The molecule has 0 fully saturated rings. The number of rotatable bonds is 6. The molecular formula is C17H20Cl2O4. The first-order valence-electron chi connectivity index (χ1n) is 7.45. The molecule has 0 radical (unpaired) electrons. The zero-order valence-corrected chi connectivity index (χ0v) is 14.9. The summed E-state index contributed by atoms with van der Waals surface area (Å²) in [6, 6.07) is 3.71. The fourth-order valence-electron chi connectivity index (χ4n) is 2.20. The van der Waals surface area contributed by atoms with Crippen molar-refractivity contribution in [2.75, 3.05) is 6.61 Å². The number of ether oxygens (including phenoxy) is 2. The molecule has 0 saturated heterocycles. The molecule has 126 valence electrons. The lowest BCUT2D eigenvalue weighted by molar-refractivity contribution is -0.146. The molecule has 1 aliphatic heterocycles. The van der Waals surface area contributed by atoms with Gasteiger partial charge in [0.15, 0.2) is 11.9 Å². The van der Waals surface area contributed by atoms with E-state index >= 15 is 0 Å². The van der Waals surface area contributed by atoms with Gasteiger partial charge in [0.25, 0.3) is 0 Å². The minimum Gasteiger partial charge on any atom is -0.483 e. The zero-order chi connectivity index (χ0) is 17.2. The Labute approximate surface area is 146 Å². The van der Waals surface area contributed by atoms with Gasteiger partial charge in [-0.3, -0.25) is 0 Å². The minimum atomic E-state index is -0.988. The highest BCUT2D eigenvalue weighted by Gasteiger charge is 2.26. The third-order valence-electron chi connectivity index (χ3n) is 4.15. The molecule has 23 heavy (non-hydrogen) atoms. The van der Waals surface area contributed by atoms with E-state index in [-0.39, 0.29) is 12.0 Å². The van der Waals surface area contributed by atoms with Gasteiger partial charge in [0.05, 0.1) is 10.0 Å². The number of benzene rings is 1. The summed E-state index contributed by atoms with van der Waals surface area (Å²) in [5.74, 6) is -0.131. The van der Waals surface area contributed by atoms with E-state index in [1.54, 1.807) is 6.08 Å². The van der Waals surface area contributed by atoms with Crippen molar-refractivity contribution in [1.82, 2.24) is 0 Å². The van der Waals surface area contributed by atoms with E-state index < -0.39 is 12.1 Å². The van der Waals surface area contributed by atoms with Crippen LogP contribution in [-0.2, 0) is 14.9 Å². The van der Waals surface area contributed by atoms with Crippen LogP contribution in [0, 0.1) is 0 Å². The number of halogens is 2. The molecule has 1 atom stereocenters. The van der Waals surface area contributed by atoms with Gasteiger partial charge in [-0.1, -0.05) is 44.0 Å². The van der Waals surface area contributed by atoms with Crippen LogP contribution >= 0.6 is 23.2 Å². The van der Waals surface area contributed by atoms with Crippen LogP contribution in [0.2, 0.25) is 10.0 Å². The van der Waals surface area contributed by atoms with Crippen LogP contribution in [0.5, 0.6) is 5.75 Å². The first kappa shape index (κ1) is 18.0. The van der Waals surface area contributed by atoms with Gasteiger partial charge in [-0.2, -0.15) is 0 Å². The maximum Gasteiger partial charge on any atom is 0.345 e.